The van der Waals surface area contributed by atoms with Gasteiger partial charge in [-0.15, -0.1) is 0 Å². The largest absolute Gasteiger partial charge is 0.378 e. The van der Waals surface area contributed by atoms with Crippen LogP contribution >= 0.6 is 15.9 Å². The summed E-state index contributed by atoms with van der Waals surface area (Å²) in [6, 6.07) is 0.507. The van der Waals surface area contributed by atoms with Crippen molar-refractivity contribution >= 4 is 21.8 Å². The molecule has 0 aromatic heterocycles. The third kappa shape index (κ3) is 4.19. The van der Waals surface area contributed by atoms with Gasteiger partial charge in [-0.1, -0.05) is 28.8 Å². The third-order valence-corrected chi connectivity index (χ3v) is 4.82. The molecule has 0 spiro atoms. The van der Waals surface area contributed by atoms with Gasteiger partial charge in [-0.3, -0.25) is 4.79 Å². The van der Waals surface area contributed by atoms with Crippen LogP contribution in [0.25, 0.3) is 0 Å². The van der Waals surface area contributed by atoms with E-state index in [4.69, 9.17) is 4.74 Å². The number of carbonyl (C=O) groups is 1. The topological polar surface area (TPSA) is 29.5 Å². The number of hydrogen-bond donors (Lipinski definition) is 0. The Morgan fingerprint density at radius 1 is 1.32 bits per heavy atom. The molecule has 0 unspecified atom stereocenters. The fourth-order valence-corrected chi connectivity index (χ4v) is 3.78. The standard InChI is InChI=1S/C15H26BrNO2/c1-2-19-14-9-12(10-14)11-15(18)17(8-7-16)13-5-3-4-6-13/h12-14H,2-11H2,1H3. The van der Waals surface area contributed by atoms with E-state index in [-0.39, 0.29) is 0 Å². The van der Waals surface area contributed by atoms with Crippen molar-refractivity contribution in [3.05, 3.63) is 0 Å². The zero-order valence-electron chi connectivity index (χ0n) is 11.9. The molecule has 0 heterocycles. The van der Waals surface area contributed by atoms with Crippen LogP contribution in [-0.2, 0) is 9.53 Å². The molecule has 4 heteroatoms. The van der Waals surface area contributed by atoms with Crippen LogP contribution < -0.4 is 0 Å². The summed E-state index contributed by atoms with van der Waals surface area (Å²) in [6.45, 7) is 3.70. The maximum absolute atomic E-state index is 12.5. The lowest BCUT2D eigenvalue weighted by Gasteiger charge is -2.37. The summed E-state index contributed by atoms with van der Waals surface area (Å²) in [5, 5.41) is 0.890. The zero-order valence-corrected chi connectivity index (χ0v) is 13.5. The summed E-state index contributed by atoms with van der Waals surface area (Å²) < 4.78 is 5.56. The first-order chi connectivity index (χ1) is 9.24. The molecule has 2 rings (SSSR count). The summed E-state index contributed by atoms with van der Waals surface area (Å²) in [7, 11) is 0. The molecular weight excluding hydrogens is 306 g/mol. The highest BCUT2D eigenvalue weighted by atomic mass is 79.9. The van der Waals surface area contributed by atoms with E-state index in [1.165, 1.54) is 25.7 Å². The van der Waals surface area contributed by atoms with Gasteiger partial charge in [0.2, 0.25) is 5.91 Å². The van der Waals surface area contributed by atoms with Gasteiger partial charge in [0.1, 0.15) is 0 Å². The van der Waals surface area contributed by atoms with Gasteiger partial charge in [-0.05, 0) is 38.5 Å². The summed E-state index contributed by atoms with van der Waals surface area (Å²) in [6.07, 6.45) is 8.26. The fourth-order valence-electron chi connectivity index (χ4n) is 3.40. The Morgan fingerprint density at radius 3 is 2.58 bits per heavy atom. The number of amides is 1. The van der Waals surface area contributed by atoms with Crippen molar-refractivity contribution in [2.24, 2.45) is 5.92 Å². The smallest absolute Gasteiger partial charge is 0.223 e. The highest BCUT2D eigenvalue weighted by molar-refractivity contribution is 9.09. The van der Waals surface area contributed by atoms with Crippen molar-refractivity contribution < 1.29 is 9.53 Å². The van der Waals surface area contributed by atoms with E-state index >= 15 is 0 Å². The van der Waals surface area contributed by atoms with Gasteiger partial charge < -0.3 is 9.64 Å². The molecule has 2 aliphatic rings. The van der Waals surface area contributed by atoms with Crippen LogP contribution in [-0.4, -0.2) is 41.4 Å². The van der Waals surface area contributed by atoms with E-state index in [1.54, 1.807) is 0 Å². The molecule has 110 valence electrons. The Hall–Kier alpha value is -0.0900. The molecular formula is C15H26BrNO2. The minimum absolute atomic E-state index is 0.367. The van der Waals surface area contributed by atoms with Gasteiger partial charge in [0, 0.05) is 30.9 Å². The molecule has 0 N–H and O–H groups in total. The van der Waals surface area contributed by atoms with Crippen LogP contribution in [0.2, 0.25) is 0 Å². The van der Waals surface area contributed by atoms with Crippen molar-refractivity contribution in [1.82, 2.24) is 4.90 Å². The van der Waals surface area contributed by atoms with Crippen LogP contribution in [0.3, 0.4) is 0 Å². The van der Waals surface area contributed by atoms with Crippen LogP contribution in [0.5, 0.6) is 0 Å². The average Bonchev–Trinajstić information content (AvgIpc) is 2.86. The lowest BCUT2D eigenvalue weighted by molar-refractivity contribution is -0.136. The van der Waals surface area contributed by atoms with Crippen molar-refractivity contribution in [2.45, 2.75) is 64.0 Å². The van der Waals surface area contributed by atoms with Crippen LogP contribution in [0.1, 0.15) is 51.9 Å². The van der Waals surface area contributed by atoms with E-state index in [9.17, 15) is 4.79 Å². The quantitative estimate of drug-likeness (QED) is 0.669. The number of nitrogens with zero attached hydrogens (tertiary/aromatic N) is 1. The first-order valence-corrected chi connectivity index (χ1v) is 8.83. The highest BCUT2D eigenvalue weighted by Crippen LogP contribution is 2.34. The predicted octanol–water partition coefficient (Wildman–Crippen LogP) is 3.36. The van der Waals surface area contributed by atoms with Gasteiger partial charge in [0.25, 0.3) is 0 Å². The molecule has 0 saturated heterocycles. The minimum Gasteiger partial charge on any atom is -0.378 e. The maximum Gasteiger partial charge on any atom is 0.223 e. The fraction of sp³-hybridized carbons (Fsp3) is 0.933. The monoisotopic (exact) mass is 331 g/mol. The number of halogens is 1. The Kier molecular flexibility index (Phi) is 6.14. The lowest BCUT2D eigenvalue weighted by atomic mass is 9.79. The van der Waals surface area contributed by atoms with Gasteiger partial charge >= 0.3 is 0 Å². The van der Waals surface area contributed by atoms with Gasteiger partial charge in [-0.2, -0.15) is 0 Å². The average molecular weight is 332 g/mol. The molecule has 0 bridgehead atoms. The van der Waals surface area contributed by atoms with Gasteiger partial charge in [0.05, 0.1) is 6.10 Å². The molecule has 2 saturated carbocycles. The zero-order chi connectivity index (χ0) is 13.7. The maximum atomic E-state index is 12.5. The van der Waals surface area contributed by atoms with E-state index in [0.717, 1.165) is 37.7 Å². The van der Waals surface area contributed by atoms with E-state index < -0.39 is 0 Å². The van der Waals surface area contributed by atoms with Crippen molar-refractivity contribution in [3.8, 4) is 0 Å². The van der Waals surface area contributed by atoms with Gasteiger partial charge in [0.15, 0.2) is 0 Å². The van der Waals surface area contributed by atoms with Crippen molar-refractivity contribution in [2.75, 3.05) is 18.5 Å². The number of ether oxygens (including phenoxy) is 1. The highest BCUT2D eigenvalue weighted by Gasteiger charge is 2.34. The summed E-state index contributed by atoms with van der Waals surface area (Å²) >= 11 is 3.48. The van der Waals surface area contributed by atoms with Crippen LogP contribution in [0.15, 0.2) is 0 Å². The Balaban J connectivity index is 1.76. The van der Waals surface area contributed by atoms with E-state index in [2.05, 4.69) is 20.8 Å². The minimum atomic E-state index is 0.367. The second-order valence-corrected chi connectivity index (χ2v) is 6.63. The normalized spacial score (nSPS) is 27.3. The molecule has 19 heavy (non-hydrogen) atoms. The molecule has 1 amide bonds. The molecule has 0 aromatic rings. The van der Waals surface area contributed by atoms with Gasteiger partial charge in [-0.25, -0.2) is 0 Å². The van der Waals surface area contributed by atoms with E-state index in [0.29, 0.717) is 24.0 Å². The molecule has 3 nitrogen and oxygen atoms in total. The Morgan fingerprint density at radius 2 is 2.00 bits per heavy atom. The summed E-state index contributed by atoms with van der Waals surface area (Å²) in [4.78, 5) is 14.6. The third-order valence-electron chi connectivity index (χ3n) is 4.47. The molecule has 0 aromatic carbocycles. The molecule has 0 atom stereocenters. The second-order valence-electron chi connectivity index (χ2n) is 5.83. The van der Waals surface area contributed by atoms with Crippen LogP contribution in [0, 0.1) is 5.92 Å². The first kappa shape index (κ1) is 15.3. The van der Waals surface area contributed by atoms with E-state index in [1.807, 2.05) is 6.92 Å². The summed E-state index contributed by atoms with van der Waals surface area (Å²) in [5.41, 5.74) is 0. The van der Waals surface area contributed by atoms with Crippen molar-refractivity contribution in [1.29, 1.82) is 0 Å². The lowest BCUT2D eigenvalue weighted by Crippen LogP contribution is -2.43. The van der Waals surface area contributed by atoms with Crippen LogP contribution in [0.4, 0.5) is 0 Å². The predicted molar refractivity (Wildman–Crippen MR) is 80.5 cm³/mol. The number of hydrogen-bond acceptors (Lipinski definition) is 2. The first-order valence-electron chi connectivity index (χ1n) is 7.71. The second kappa shape index (κ2) is 7.63. The SMILES string of the molecule is CCOC1CC(CC(=O)N(CCBr)C2CCCC2)C1. The van der Waals surface area contributed by atoms with Crippen molar-refractivity contribution in [3.63, 3.8) is 0 Å². The number of carbonyl (C=O) groups excluding carboxylic acids is 1. The summed E-state index contributed by atoms with van der Waals surface area (Å²) in [5.74, 6) is 0.926. The number of alkyl halides is 1. The Labute approximate surface area is 125 Å². The Bertz CT molecular complexity index is 286. The molecule has 2 aliphatic carbocycles. The molecule has 0 radical (unpaired) electrons. The molecule has 0 aliphatic heterocycles. The molecule has 2 fully saturated rings. The number of rotatable bonds is 7.